The van der Waals surface area contributed by atoms with Crippen molar-refractivity contribution in [2.75, 3.05) is 0 Å². The zero-order valence-electron chi connectivity index (χ0n) is 12.0. The third-order valence-electron chi connectivity index (χ3n) is 3.17. The Morgan fingerprint density at radius 3 is 2.65 bits per heavy atom. The second kappa shape index (κ2) is 4.88. The SMILES string of the molecule is CC(C)(C)OC(=O)NC1(C)CC(=O)c2ccc(Br)cc21. The number of halogens is 1. The van der Waals surface area contributed by atoms with Crippen molar-refractivity contribution in [3.63, 3.8) is 0 Å². The molecule has 1 atom stereocenters. The van der Waals surface area contributed by atoms with Gasteiger partial charge in [0, 0.05) is 16.5 Å². The Morgan fingerprint density at radius 1 is 1.40 bits per heavy atom. The average Bonchev–Trinajstić information content (AvgIpc) is 2.47. The van der Waals surface area contributed by atoms with Crippen molar-refractivity contribution >= 4 is 27.8 Å². The fraction of sp³-hybridized carbons (Fsp3) is 0.467. The Hall–Kier alpha value is -1.36. The molecule has 1 aliphatic rings. The monoisotopic (exact) mass is 339 g/mol. The molecule has 0 radical (unpaired) electrons. The van der Waals surface area contributed by atoms with Gasteiger partial charge in [-0.1, -0.05) is 15.9 Å². The molecule has 0 bridgehead atoms. The summed E-state index contributed by atoms with van der Waals surface area (Å²) in [6, 6.07) is 5.48. The number of amides is 1. The molecule has 0 aliphatic heterocycles. The van der Waals surface area contributed by atoms with Crippen molar-refractivity contribution in [1.82, 2.24) is 5.32 Å². The van der Waals surface area contributed by atoms with Gasteiger partial charge in [-0.15, -0.1) is 0 Å². The zero-order valence-corrected chi connectivity index (χ0v) is 13.6. The molecule has 4 nitrogen and oxygen atoms in total. The smallest absolute Gasteiger partial charge is 0.408 e. The first kappa shape index (κ1) is 15.0. The number of ether oxygens (including phenoxy) is 1. The molecule has 0 saturated carbocycles. The lowest BCUT2D eigenvalue weighted by atomic mass is 9.94. The van der Waals surface area contributed by atoms with Crippen LogP contribution in [0.4, 0.5) is 4.79 Å². The number of carbonyl (C=O) groups excluding carboxylic acids is 2. The van der Waals surface area contributed by atoms with E-state index in [-0.39, 0.29) is 12.2 Å². The van der Waals surface area contributed by atoms with Crippen molar-refractivity contribution in [2.45, 2.75) is 45.3 Å². The van der Waals surface area contributed by atoms with E-state index >= 15 is 0 Å². The number of Topliss-reactive ketones (excluding diaryl/α,β-unsaturated/α-hetero) is 1. The van der Waals surface area contributed by atoms with E-state index in [9.17, 15) is 9.59 Å². The Bertz CT molecular complexity index is 577. The maximum atomic E-state index is 12.1. The molecule has 1 N–H and O–H groups in total. The number of hydrogen-bond acceptors (Lipinski definition) is 3. The van der Waals surface area contributed by atoms with Gasteiger partial charge in [0.15, 0.2) is 5.78 Å². The molecule has 108 valence electrons. The Kier molecular flexibility index (Phi) is 3.67. The fourth-order valence-electron chi connectivity index (χ4n) is 2.37. The molecule has 1 aliphatic carbocycles. The zero-order chi connectivity index (χ0) is 15.1. The van der Waals surface area contributed by atoms with E-state index in [2.05, 4.69) is 21.2 Å². The number of benzene rings is 1. The van der Waals surface area contributed by atoms with Gasteiger partial charge < -0.3 is 10.1 Å². The summed E-state index contributed by atoms with van der Waals surface area (Å²) < 4.78 is 6.15. The lowest BCUT2D eigenvalue weighted by Crippen LogP contribution is -2.44. The fourth-order valence-corrected chi connectivity index (χ4v) is 2.73. The van der Waals surface area contributed by atoms with Gasteiger partial charge in [-0.2, -0.15) is 0 Å². The highest BCUT2D eigenvalue weighted by molar-refractivity contribution is 9.10. The van der Waals surface area contributed by atoms with Gasteiger partial charge in [-0.3, -0.25) is 4.79 Å². The first-order valence-corrected chi connectivity index (χ1v) is 7.24. The number of fused-ring (bicyclic) bond motifs is 1. The van der Waals surface area contributed by atoms with Gasteiger partial charge in [-0.05, 0) is 51.5 Å². The van der Waals surface area contributed by atoms with E-state index < -0.39 is 17.2 Å². The summed E-state index contributed by atoms with van der Waals surface area (Å²) >= 11 is 3.40. The average molecular weight is 340 g/mol. The first-order chi connectivity index (χ1) is 9.11. The lowest BCUT2D eigenvalue weighted by molar-refractivity contribution is 0.0461. The van der Waals surface area contributed by atoms with Crippen LogP contribution in [-0.4, -0.2) is 17.5 Å². The molecule has 0 spiro atoms. The normalized spacial score (nSPS) is 21.6. The van der Waals surface area contributed by atoms with Gasteiger partial charge in [0.2, 0.25) is 0 Å². The van der Waals surface area contributed by atoms with Crippen LogP contribution in [0, 0.1) is 0 Å². The number of rotatable bonds is 1. The standard InChI is InChI=1S/C15H18BrNO3/c1-14(2,3)20-13(19)17-15(4)8-12(18)10-6-5-9(16)7-11(10)15/h5-7H,8H2,1-4H3,(H,17,19). The molecule has 1 unspecified atom stereocenters. The molecular weight excluding hydrogens is 322 g/mol. The van der Waals surface area contributed by atoms with E-state index in [0.29, 0.717) is 5.56 Å². The van der Waals surface area contributed by atoms with E-state index in [4.69, 9.17) is 4.74 Å². The predicted molar refractivity (Wildman–Crippen MR) is 79.8 cm³/mol. The van der Waals surface area contributed by atoms with Crippen LogP contribution in [0.2, 0.25) is 0 Å². The predicted octanol–water partition coefficient (Wildman–Crippen LogP) is 3.78. The van der Waals surface area contributed by atoms with Crippen LogP contribution in [0.3, 0.4) is 0 Å². The third kappa shape index (κ3) is 3.03. The van der Waals surface area contributed by atoms with E-state index in [1.807, 2.05) is 19.1 Å². The summed E-state index contributed by atoms with van der Waals surface area (Å²) in [6.45, 7) is 7.25. The molecule has 0 heterocycles. The number of carbonyl (C=O) groups is 2. The van der Waals surface area contributed by atoms with Crippen molar-refractivity contribution in [3.05, 3.63) is 33.8 Å². The van der Waals surface area contributed by atoms with E-state index in [1.165, 1.54) is 0 Å². The lowest BCUT2D eigenvalue weighted by Gasteiger charge is -2.28. The summed E-state index contributed by atoms with van der Waals surface area (Å²) in [4.78, 5) is 24.0. The van der Waals surface area contributed by atoms with Crippen LogP contribution in [0.25, 0.3) is 0 Å². The molecule has 2 rings (SSSR count). The minimum Gasteiger partial charge on any atom is -0.444 e. The molecular formula is C15H18BrNO3. The second-order valence-corrected chi connectivity index (χ2v) is 7.16. The van der Waals surface area contributed by atoms with Crippen molar-refractivity contribution in [3.8, 4) is 0 Å². The highest BCUT2D eigenvalue weighted by Gasteiger charge is 2.41. The Morgan fingerprint density at radius 2 is 2.05 bits per heavy atom. The summed E-state index contributed by atoms with van der Waals surface area (Å²) in [7, 11) is 0. The molecule has 20 heavy (non-hydrogen) atoms. The topological polar surface area (TPSA) is 55.4 Å². The van der Waals surface area contributed by atoms with Gasteiger partial charge in [-0.25, -0.2) is 4.79 Å². The molecule has 0 fully saturated rings. The van der Waals surface area contributed by atoms with Gasteiger partial charge in [0.1, 0.15) is 5.60 Å². The maximum absolute atomic E-state index is 12.1. The highest BCUT2D eigenvalue weighted by Crippen LogP contribution is 2.38. The van der Waals surface area contributed by atoms with Crippen molar-refractivity contribution < 1.29 is 14.3 Å². The summed E-state index contributed by atoms with van der Waals surface area (Å²) in [5.41, 5.74) is 0.191. The minimum atomic E-state index is -0.724. The largest absolute Gasteiger partial charge is 0.444 e. The minimum absolute atomic E-state index is 0.0334. The van der Waals surface area contributed by atoms with Crippen LogP contribution in [0.15, 0.2) is 22.7 Å². The van der Waals surface area contributed by atoms with Crippen LogP contribution in [0.5, 0.6) is 0 Å². The van der Waals surface area contributed by atoms with Crippen molar-refractivity contribution in [1.29, 1.82) is 0 Å². The van der Waals surface area contributed by atoms with E-state index in [1.54, 1.807) is 26.8 Å². The molecule has 0 saturated heterocycles. The second-order valence-electron chi connectivity index (χ2n) is 6.25. The van der Waals surface area contributed by atoms with Gasteiger partial charge in [0.05, 0.1) is 5.54 Å². The number of ketones is 1. The van der Waals surface area contributed by atoms with Gasteiger partial charge >= 0.3 is 6.09 Å². The molecule has 1 aromatic carbocycles. The van der Waals surface area contributed by atoms with Crippen LogP contribution >= 0.6 is 15.9 Å². The van der Waals surface area contributed by atoms with Gasteiger partial charge in [0.25, 0.3) is 0 Å². The molecule has 5 heteroatoms. The summed E-state index contributed by atoms with van der Waals surface area (Å²) in [5.74, 6) is 0.0334. The Labute approximate surface area is 127 Å². The number of nitrogens with one attached hydrogen (secondary N) is 1. The quantitative estimate of drug-likeness (QED) is 0.847. The summed E-state index contributed by atoms with van der Waals surface area (Å²) in [5, 5.41) is 2.82. The van der Waals surface area contributed by atoms with Crippen LogP contribution < -0.4 is 5.32 Å². The van der Waals surface area contributed by atoms with Crippen molar-refractivity contribution in [2.24, 2.45) is 0 Å². The highest BCUT2D eigenvalue weighted by atomic mass is 79.9. The van der Waals surface area contributed by atoms with E-state index in [0.717, 1.165) is 10.0 Å². The number of alkyl carbamates (subject to hydrolysis) is 1. The Balaban J connectivity index is 2.27. The summed E-state index contributed by atoms with van der Waals surface area (Å²) in [6.07, 6.45) is -0.265. The third-order valence-corrected chi connectivity index (χ3v) is 3.66. The number of hydrogen-bond donors (Lipinski definition) is 1. The molecule has 1 amide bonds. The van der Waals surface area contributed by atoms with Crippen LogP contribution in [-0.2, 0) is 10.3 Å². The molecule has 0 aromatic heterocycles. The van der Waals surface area contributed by atoms with Crippen LogP contribution in [0.1, 0.15) is 50.0 Å². The first-order valence-electron chi connectivity index (χ1n) is 6.45. The maximum Gasteiger partial charge on any atom is 0.408 e. The molecule has 1 aromatic rings.